The number of allylic oxidation sites excluding steroid dienone is 3. The van der Waals surface area contributed by atoms with Crippen LogP contribution in [0.3, 0.4) is 0 Å². The van der Waals surface area contributed by atoms with Crippen LogP contribution >= 0.6 is 11.3 Å². The molecule has 0 spiro atoms. The molecule has 1 aromatic heterocycles. The summed E-state index contributed by atoms with van der Waals surface area (Å²) in [6.07, 6.45) is 4.71. The molecule has 4 nitrogen and oxygen atoms in total. The van der Waals surface area contributed by atoms with E-state index in [1.165, 1.54) is 10.9 Å². The number of thiophene rings is 1. The second-order valence-corrected chi connectivity index (χ2v) is 9.85. The van der Waals surface area contributed by atoms with Crippen LogP contribution in [0.1, 0.15) is 67.7 Å². The summed E-state index contributed by atoms with van der Waals surface area (Å²) in [6, 6.07) is 10.5. The molecule has 0 unspecified atom stereocenters. The lowest BCUT2D eigenvalue weighted by molar-refractivity contribution is -0.144. The second kappa shape index (κ2) is 8.66. The van der Waals surface area contributed by atoms with Gasteiger partial charge < -0.3 is 10.1 Å². The molecule has 0 saturated heterocycles. The van der Waals surface area contributed by atoms with Crippen LogP contribution in [0.4, 0.5) is 4.39 Å². The predicted molar refractivity (Wildman–Crippen MR) is 122 cm³/mol. The topological polar surface area (TPSA) is 55.4 Å². The van der Waals surface area contributed by atoms with Crippen molar-refractivity contribution < 1.29 is 18.7 Å². The zero-order valence-corrected chi connectivity index (χ0v) is 18.8. The van der Waals surface area contributed by atoms with Crippen LogP contribution in [0.15, 0.2) is 64.3 Å². The summed E-state index contributed by atoms with van der Waals surface area (Å²) < 4.78 is 20.8. The Bertz CT molecular complexity index is 1110. The normalized spacial score (nSPS) is 23.9. The highest BCUT2D eigenvalue weighted by Crippen LogP contribution is 2.47. The molecular formula is C26H26FNO3S. The van der Waals surface area contributed by atoms with E-state index in [1.54, 1.807) is 29.5 Å². The Hall–Kier alpha value is -2.73. The number of hydrogen-bond acceptors (Lipinski definition) is 5. The van der Waals surface area contributed by atoms with Gasteiger partial charge in [-0.25, -0.2) is 9.18 Å². The van der Waals surface area contributed by atoms with E-state index in [0.29, 0.717) is 35.2 Å². The average Bonchev–Trinajstić information content (AvgIpc) is 3.47. The molecule has 166 valence electrons. The largest absolute Gasteiger partial charge is 0.459 e. The van der Waals surface area contributed by atoms with Crippen LogP contribution in [0, 0.1) is 5.82 Å². The maximum atomic E-state index is 15.0. The average molecular weight is 452 g/mol. The number of dihydropyridines is 1. The number of benzene rings is 1. The molecule has 1 aliphatic heterocycles. The Morgan fingerprint density at radius 2 is 1.91 bits per heavy atom. The Labute approximate surface area is 191 Å². The Morgan fingerprint density at radius 1 is 1.12 bits per heavy atom. The Kier molecular flexibility index (Phi) is 5.72. The summed E-state index contributed by atoms with van der Waals surface area (Å²) in [5, 5.41) is 5.35. The summed E-state index contributed by atoms with van der Waals surface area (Å²) in [4.78, 5) is 27.9. The molecule has 0 amide bonds. The quantitative estimate of drug-likeness (QED) is 0.603. The van der Waals surface area contributed by atoms with Crippen LogP contribution in [0.25, 0.3) is 0 Å². The van der Waals surface area contributed by atoms with Gasteiger partial charge >= 0.3 is 5.97 Å². The van der Waals surface area contributed by atoms with Gasteiger partial charge in [-0.05, 0) is 56.5 Å². The third kappa shape index (κ3) is 3.81. The molecule has 2 heterocycles. The summed E-state index contributed by atoms with van der Waals surface area (Å²) in [6.45, 7) is 1.82. The molecule has 1 fully saturated rings. The summed E-state index contributed by atoms with van der Waals surface area (Å²) in [7, 11) is 0. The van der Waals surface area contributed by atoms with Gasteiger partial charge in [0.1, 0.15) is 11.9 Å². The van der Waals surface area contributed by atoms with E-state index in [4.69, 9.17) is 4.74 Å². The zero-order chi connectivity index (χ0) is 22.2. The highest BCUT2D eigenvalue weighted by Gasteiger charge is 2.42. The van der Waals surface area contributed by atoms with Gasteiger partial charge in [0.05, 0.1) is 11.5 Å². The summed E-state index contributed by atoms with van der Waals surface area (Å²) in [5.41, 5.74) is 2.64. The number of esters is 1. The standard InChI is InChI=1S/C26H26FNO3S/c1-15-23(26(30)31-17-7-2-3-8-17)24(18-9-4-5-10-19(18)27)25-20(28-15)13-16(14-21(25)29)22-11-6-12-32-22/h4-6,9-12,16-17,24,28H,2-3,7-8,13-14H2,1H3/t16-,24-/m0/s1. The number of ketones is 1. The van der Waals surface area contributed by atoms with E-state index in [9.17, 15) is 9.59 Å². The van der Waals surface area contributed by atoms with E-state index in [1.807, 2.05) is 18.4 Å². The van der Waals surface area contributed by atoms with Crippen LogP contribution < -0.4 is 5.32 Å². The minimum absolute atomic E-state index is 0.0379. The monoisotopic (exact) mass is 451 g/mol. The third-order valence-corrected chi connectivity index (χ3v) is 7.82. The van der Waals surface area contributed by atoms with Crippen molar-refractivity contribution in [1.82, 2.24) is 5.32 Å². The molecule has 2 aliphatic carbocycles. The third-order valence-electron chi connectivity index (χ3n) is 6.79. The molecule has 2 atom stereocenters. The van der Waals surface area contributed by atoms with Crippen molar-refractivity contribution in [3.8, 4) is 0 Å². The van der Waals surface area contributed by atoms with Gasteiger partial charge in [-0.2, -0.15) is 0 Å². The molecular weight excluding hydrogens is 425 g/mol. The van der Waals surface area contributed by atoms with Crippen molar-refractivity contribution in [2.75, 3.05) is 0 Å². The number of hydrogen-bond donors (Lipinski definition) is 1. The van der Waals surface area contributed by atoms with E-state index in [0.717, 1.165) is 31.4 Å². The Balaban J connectivity index is 1.56. The number of nitrogens with one attached hydrogen (secondary N) is 1. The first-order chi connectivity index (χ1) is 15.5. The fraction of sp³-hybridized carbons (Fsp3) is 0.385. The van der Waals surface area contributed by atoms with Crippen LogP contribution in [-0.2, 0) is 14.3 Å². The van der Waals surface area contributed by atoms with Crippen molar-refractivity contribution in [1.29, 1.82) is 0 Å². The van der Waals surface area contributed by atoms with Gasteiger partial charge in [0.15, 0.2) is 5.78 Å². The molecule has 32 heavy (non-hydrogen) atoms. The van der Waals surface area contributed by atoms with Gasteiger partial charge in [-0.15, -0.1) is 11.3 Å². The molecule has 0 radical (unpaired) electrons. The summed E-state index contributed by atoms with van der Waals surface area (Å²) in [5.74, 6) is -1.56. The Morgan fingerprint density at radius 3 is 2.62 bits per heavy atom. The van der Waals surface area contributed by atoms with Crippen molar-refractivity contribution in [2.45, 2.75) is 63.4 Å². The number of rotatable bonds is 4. The first-order valence-corrected chi connectivity index (χ1v) is 12.1. The van der Waals surface area contributed by atoms with Gasteiger partial charge in [0, 0.05) is 39.7 Å². The summed E-state index contributed by atoms with van der Waals surface area (Å²) >= 11 is 1.65. The number of ether oxygens (including phenoxy) is 1. The second-order valence-electron chi connectivity index (χ2n) is 8.87. The molecule has 1 saturated carbocycles. The lowest BCUT2D eigenvalue weighted by atomic mass is 9.72. The minimum atomic E-state index is -0.752. The number of Topliss-reactive ketones (excluding diaryl/α,β-unsaturated/α-hetero) is 1. The molecule has 6 heteroatoms. The van der Waals surface area contributed by atoms with Gasteiger partial charge in [-0.3, -0.25) is 4.79 Å². The SMILES string of the molecule is CC1=C(C(=O)OC2CCCC2)[C@H](c2ccccc2F)C2=C(C[C@H](c3cccs3)CC2=O)N1. The fourth-order valence-corrected chi connectivity index (χ4v) is 6.11. The highest BCUT2D eigenvalue weighted by atomic mass is 32.1. The lowest BCUT2D eigenvalue weighted by Gasteiger charge is -2.36. The zero-order valence-electron chi connectivity index (χ0n) is 18.0. The number of halogens is 1. The van der Waals surface area contributed by atoms with Crippen LogP contribution in [-0.4, -0.2) is 17.9 Å². The first-order valence-electron chi connectivity index (χ1n) is 11.3. The number of carbonyl (C=O) groups excluding carboxylic acids is 2. The molecule has 1 aromatic carbocycles. The van der Waals surface area contributed by atoms with Gasteiger partial charge in [0.25, 0.3) is 0 Å². The van der Waals surface area contributed by atoms with Crippen LogP contribution in [0.5, 0.6) is 0 Å². The number of carbonyl (C=O) groups is 2. The van der Waals surface area contributed by atoms with Crippen molar-refractivity contribution in [3.05, 3.63) is 80.6 Å². The highest BCUT2D eigenvalue weighted by molar-refractivity contribution is 7.10. The van der Waals surface area contributed by atoms with Crippen molar-refractivity contribution in [2.24, 2.45) is 0 Å². The lowest BCUT2D eigenvalue weighted by Crippen LogP contribution is -2.36. The van der Waals surface area contributed by atoms with E-state index >= 15 is 4.39 Å². The van der Waals surface area contributed by atoms with Crippen molar-refractivity contribution in [3.63, 3.8) is 0 Å². The predicted octanol–water partition coefficient (Wildman–Crippen LogP) is 5.73. The minimum Gasteiger partial charge on any atom is -0.459 e. The van der Waals surface area contributed by atoms with E-state index in [2.05, 4.69) is 11.4 Å². The van der Waals surface area contributed by atoms with Gasteiger partial charge in [0.2, 0.25) is 0 Å². The molecule has 3 aliphatic rings. The van der Waals surface area contributed by atoms with E-state index < -0.39 is 17.7 Å². The first kappa shape index (κ1) is 21.1. The molecule has 2 aromatic rings. The maximum absolute atomic E-state index is 15.0. The fourth-order valence-electron chi connectivity index (χ4n) is 5.28. The van der Waals surface area contributed by atoms with E-state index in [-0.39, 0.29) is 17.8 Å². The molecule has 0 bridgehead atoms. The molecule has 5 rings (SSSR count). The van der Waals surface area contributed by atoms with Gasteiger partial charge in [-0.1, -0.05) is 24.3 Å². The van der Waals surface area contributed by atoms with Crippen LogP contribution in [0.2, 0.25) is 0 Å². The smallest absolute Gasteiger partial charge is 0.337 e. The maximum Gasteiger partial charge on any atom is 0.337 e. The van der Waals surface area contributed by atoms with Crippen molar-refractivity contribution >= 4 is 23.1 Å². The molecule has 1 N–H and O–H groups in total.